The Morgan fingerprint density at radius 1 is 1.15 bits per heavy atom. The van der Waals surface area contributed by atoms with Gasteiger partial charge in [-0.2, -0.15) is 0 Å². The van der Waals surface area contributed by atoms with Crippen molar-refractivity contribution in [1.82, 2.24) is 14.8 Å². The number of benzene rings is 2. The number of piperazine rings is 1. The number of carboxylic acids is 1. The molecule has 0 radical (unpaired) electrons. The van der Waals surface area contributed by atoms with Crippen LogP contribution in [-0.4, -0.2) is 65.9 Å². The van der Waals surface area contributed by atoms with Gasteiger partial charge in [0, 0.05) is 42.7 Å². The van der Waals surface area contributed by atoms with E-state index in [0.717, 1.165) is 30.9 Å². The van der Waals surface area contributed by atoms with Crippen LogP contribution < -0.4 is 4.43 Å². The summed E-state index contributed by atoms with van der Waals surface area (Å²) in [6.07, 6.45) is 1.99. The Kier molecular flexibility index (Phi) is 9.04. The van der Waals surface area contributed by atoms with Crippen LogP contribution in [0.4, 0.5) is 0 Å². The lowest BCUT2D eigenvalue weighted by atomic mass is 9.93. The second-order valence-electron chi connectivity index (χ2n) is 12.4. The molecule has 2 aromatic carbocycles. The van der Waals surface area contributed by atoms with Gasteiger partial charge in [-0.05, 0) is 55.2 Å². The minimum Gasteiger partial charge on any atom is -0.543 e. The van der Waals surface area contributed by atoms with Gasteiger partial charge in [-0.3, -0.25) is 9.80 Å². The third-order valence-electron chi connectivity index (χ3n) is 8.41. The SMILES string of the molecule is C=CCN1C[C@H](C)N([C@H](c2ccc(-c3nc(C(=O)O)cs3)cc2)c2cccc(O[Si](C)(C)C(C)(C)C)c2)C[C@H]1C. The van der Waals surface area contributed by atoms with Gasteiger partial charge in [-0.15, -0.1) is 17.9 Å². The van der Waals surface area contributed by atoms with Crippen LogP contribution in [0.5, 0.6) is 5.75 Å². The van der Waals surface area contributed by atoms with E-state index in [2.05, 4.69) is 118 Å². The lowest BCUT2D eigenvalue weighted by Crippen LogP contribution is -2.57. The molecular weight excluding hydrogens is 535 g/mol. The average molecular weight is 578 g/mol. The Hall–Kier alpha value is -2.78. The highest BCUT2D eigenvalue weighted by molar-refractivity contribution is 7.13. The second-order valence-corrected chi connectivity index (χ2v) is 18.0. The van der Waals surface area contributed by atoms with Gasteiger partial charge in [0.25, 0.3) is 0 Å². The summed E-state index contributed by atoms with van der Waals surface area (Å²) in [4.78, 5) is 20.7. The van der Waals surface area contributed by atoms with E-state index in [1.165, 1.54) is 22.5 Å². The first-order chi connectivity index (χ1) is 18.8. The minimum absolute atomic E-state index is 0.0474. The first-order valence-electron chi connectivity index (χ1n) is 14.0. The van der Waals surface area contributed by atoms with Crippen LogP contribution in [-0.2, 0) is 0 Å². The molecule has 0 saturated carbocycles. The van der Waals surface area contributed by atoms with Crippen molar-refractivity contribution in [3.63, 3.8) is 0 Å². The van der Waals surface area contributed by atoms with E-state index in [9.17, 15) is 9.90 Å². The molecule has 6 nitrogen and oxygen atoms in total. The van der Waals surface area contributed by atoms with Crippen molar-refractivity contribution in [2.24, 2.45) is 0 Å². The molecule has 1 aromatic heterocycles. The van der Waals surface area contributed by atoms with Crippen molar-refractivity contribution in [1.29, 1.82) is 0 Å². The highest BCUT2D eigenvalue weighted by Crippen LogP contribution is 2.40. The fraction of sp³-hybridized carbons (Fsp3) is 0.438. The molecule has 1 aliphatic rings. The van der Waals surface area contributed by atoms with Gasteiger partial charge in [-0.1, -0.05) is 63.2 Å². The van der Waals surface area contributed by atoms with Gasteiger partial charge in [0.2, 0.25) is 8.32 Å². The summed E-state index contributed by atoms with van der Waals surface area (Å²) in [7, 11) is -1.99. The number of aromatic carboxylic acids is 1. The number of nitrogens with zero attached hydrogens (tertiary/aromatic N) is 3. The Morgan fingerprint density at radius 2 is 1.85 bits per heavy atom. The van der Waals surface area contributed by atoms with Crippen molar-refractivity contribution in [2.45, 2.75) is 70.9 Å². The molecule has 2 heterocycles. The van der Waals surface area contributed by atoms with Crippen LogP contribution in [0.3, 0.4) is 0 Å². The number of carbonyl (C=O) groups is 1. The maximum atomic E-state index is 11.3. The third-order valence-corrected chi connectivity index (χ3v) is 13.7. The van der Waals surface area contributed by atoms with E-state index in [1.807, 2.05) is 6.08 Å². The molecule has 3 atom stereocenters. The second kappa shape index (κ2) is 12.0. The summed E-state index contributed by atoms with van der Waals surface area (Å²) in [5.74, 6) is -0.0709. The normalized spacial score (nSPS) is 19.8. The molecule has 1 N–H and O–H groups in total. The molecule has 0 bridgehead atoms. The topological polar surface area (TPSA) is 65.9 Å². The standard InChI is InChI=1S/C32H43N3O3SSi/c1-9-17-34-19-23(3)35(20-22(34)2)29(26-11-10-12-27(18-26)38-40(7,8)32(4,5)6)24-13-15-25(16-14-24)30-33-28(21-39-30)31(36)37/h9-16,18,21-23,29H,1,17,19-20H2,2-8H3,(H,36,37)/t22-,23+,29-/m1/s1. The van der Waals surface area contributed by atoms with Crippen molar-refractivity contribution in [2.75, 3.05) is 19.6 Å². The number of hydrogen-bond acceptors (Lipinski definition) is 6. The zero-order valence-corrected chi connectivity index (χ0v) is 26.7. The lowest BCUT2D eigenvalue weighted by molar-refractivity contribution is 0.0306. The van der Waals surface area contributed by atoms with Crippen LogP contribution in [0.2, 0.25) is 18.1 Å². The predicted molar refractivity (Wildman–Crippen MR) is 168 cm³/mol. The molecule has 4 rings (SSSR count). The number of thiazole rings is 1. The van der Waals surface area contributed by atoms with Crippen molar-refractivity contribution in [3.8, 4) is 16.3 Å². The first-order valence-corrected chi connectivity index (χ1v) is 17.8. The molecule has 0 spiro atoms. The summed E-state index contributed by atoms with van der Waals surface area (Å²) in [5.41, 5.74) is 3.41. The molecular formula is C32H43N3O3SSi. The van der Waals surface area contributed by atoms with E-state index >= 15 is 0 Å². The molecule has 3 aromatic rings. The molecule has 0 unspecified atom stereocenters. The van der Waals surface area contributed by atoms with E-state index < -0.39 is 14.3 Å². The summed E-state index contributed by atoms with van der Waals surface area (Å²) in [6, 6.07) is 17.9. The van der Waals surface area contributed by atoms with E-state index in [-0.39, 0.29) is 16.8 Å². The van der Waals surface area contributed by atoms with Crippen LogP contribution >= 0.6 is 11.3 Å². The molecule has 0 aliphatic carbocycles. The zero-order valence-electron chi connectivity index (χ0n) is 24.8. The number of hydrogen-bond donors (Lipinski definition) is 1. The molecule has 1 aliphatic heterocycles. The fourth-order valence-electron chi connectivity index (χ4n) is 5.09. The van der Waals surface area contributed by atoms with Crippen molar-refractivity contribution in [3.05, 3.63) is 83.4 Å². The molecule has 40 heavy (non-hydrogen) atoms. The maximum absolute atomic E-state index is 11.3. The highest BCUT2D eigenvalue weighted by Gasteiger charge is 2.39. The lowest BCUT2D eigenvalue weighted by Gasteiger charge is -2.47. The smallest absolute Gasteiger partial charge is 0.355 e. The Balaban J connectivity index is 1.72. The van der Waals surface area contributed by atoms with Crippen molar-refractivity contribution < 1.29 is 14.3 Å². The van der Waals surface area contributed by atoms with Gasteiger partial charge in [0.15, 0.2) is 5.69 Å². The van der Waals surface area contributed by atoms with Gasteiger partial charge in [-0.25, -0.2) is 9.78 Å². The maximum Gasteiger partial charge on any atom is 0.355 e. The van der Waals surface area contributed by atoms with Gasteiger partial charge in [0.1, 0.15) is 10.8 Å². The van der Waals surface area contributed by atoms with Crippen LogP contribution in [0.25, 0.3) is 10.6 Å². The summed E-state index contributed by atoms with van der Waals surface area (Å²) < 4.78 is 6.72. The molecule has 0 amide bonds. The van der Waals surface area contributed by atoms with Crippen LogP contribution in [0.15, 0.2) is 66.6 Å². The zero-order chi connectivity index (χ0) is 29.2. The summed E-state index contributed by atoms with van der Waals surface area (Å²) in [6.45, 7) is 22.7. The first kappa shape index (κ1) is 30.2. The summed E-state index contributed by atoms with van der Waals surface area (Å²) in [5, 5.41) is 11.7. The van der Waals surface area contributed by atoms with Gasteiger partial charge in [0.05, 0.1) is 6.04 Å². The summed E-state index contributed by atoms with van der Waals surface area (Å²) >= 11 is 1.36. The quantitative estimate of drug-likeness (QED) is 0.209. The van der Waals surface area contributed by atoms with E-state index in [4.69, 9.17) is 4.43 Å². The number of aromatic nitrogens is 1. The number of carboxylic acid groups (broad SMARTS) is 1. The van der Waals surface area contributed by atoms with Crippen LogP contribution in [0, 0.1) is 0 Å². The third kappa shape index (κ3) is 6.57. The molecule has 1 fully saturated rings. The van der Waals surface area contributed by atoms with Crippen molar-refractivity contribution >= 4 is 25.6 Å². The van der Waals surface area contributed by atoms with E-state index in [0.29, 0.717) is 17.1 Å². The largest absolute Gasteiger partial charge is 0.543 e. The van der Waals surface area contributed by atoms with Gasteiger partial charge < -0.3 is 9.53 Å². The minimum atomic E-state index is -1.99. The predicted octanol–water partition coefficient (Wildman–Crippen LogP) is 7.56. The Labute approximate surface area is 244 Å². The number of rotatable bonds is 9. The molecule has 214 valence electrons. The highest BCUT2D eigenvalue weighted by atomic mass is 32.1. The average Bonchev–Trinajstić information content (AvgIpc) is 3.38. The van der Waals surface area contributed by atoms with Crippen LogP contribution in [0.1, 0.15) is 62.3 Å². The fourth-order valence-corrected chi connectivity index (χ4v) is 6.91. The molecule has 1 saturated heterocycles. The monoisotopic (exact) mass is 577 g/mol. The Morgan fingerprint density at radius 3 is 2.45 bits per heavy atom. The van der Waals surface area contributed by atoms with E-state index in [1.54, 1.807) is 5.38 Å². The van der Waals surface area contributed by atoms with Gasteiger partial charge >= 0.3 is 5.97 Å². The Bertz CT molecular complexity index is 1330. The molecule has 8 heteroatoms.